The van der Waals surface area contributed by atoms with Gasteiger partial charge in [0, 0.05) is 26.6 Å². The molecule has 1 aromatic rings. The van der Waals surface area contributed by atoms with Gasteiger partial charge >= 0.3 is 0 Å². The van der Waals surface area contributed by atoms with Gasteiger partial charge in [-0.3, -0.25) is 4.79 Å². The summed E-state index contributed by atoms with van der Waals surface area (Å²) in [6.07, 6.45) is 0.485. The van der Waals surface area contributed by atoms with E-state index in [2.05, 4.69) is 17.1 Å². The normalized spacial score (nSPS) is 9.88. The summed E-state index contributed by atoms with van der Waals surface area (Å²) in [6.45, 7) is 3.58. The molecule has 88 valence electrons. The zero-order valence-electron chi connectivity index (χ0n) is 9.86. The molecular weight excluding hydrogens is 202 g/mol. The lowest BCUT2D eigenvalue weighted by Gasteiger charge is -2.24. The molecule has 0 spiro atoms. The highest BCUT2D eigenvalue weighted by Crippen LogP contribution is 2.22. The minimum atomic E-state index is 0.0490. The van der Waals surface area contributed by atoms with Crippen LogP contribution in [0.2, 0.25) is 0 Å². The molecule has 16 heavy (non-hydrogen) atoms. The minimum Gasteiger partial charge on any atom is -0.397 e. The average molecular weight is 221 g/mol. The third-order valence-electron chi connectivity index (χ3n) is 2.55. The van der Waals surface area contributed by atoms with Crippen molar-refractivity contribution in [3.8, 4) is 0 Å². The van der Waals surface area contributed by atoms with E-state index in [1.54, 1.807) is 7.05 Å². The Kier molecular flexibility index (Phi) is 4.64. The van der Waals surface area contributed by atoms with Gasteiger partial charge in [-0.2, -0.15) is 0 Å². The molecule has 4 nitrogen and oxygen atoms in total. The second kappa shape index (κ2) is 6.00. The molecule has 4 heteroatoms. The second-order valence-electron chi connectivity index (χ2n) is 3.56. The molecule has 1 amide bonds. The summed E-state index contributed by atoms with van der Waals surface area (Å²) in [6, 6.07) is 7.71. The summed E-state index contributed by atoms with van der Waals surface area (Å²) in [4.78, 5) is 13.3. The first-order chi connectivity index (χ1) is 7.69. The lowest BCUT2D eigenvalue weighted by Crippen LogP contribution is -2.29. The summed E-state index contributed by atoms with van der Waals surface area (Å²) < 4.78 is 0. The number of hydrogen-bond acceptors (Lipinski definition) is 3. The first-order valence-corrected chi connectivity index (χ1v) is 5.49. The summed E-state index contributed by atoms with van der Waals surface area (Å²) >= 11 is 0. The van der Waals surface area contributed by atoms with E-state index in [0.717, 1.165) is 17.9 Å². The quantitative estimate of drug-likeness (QED) is 0.735. The SMILES string of the molecule is CCN(CCC(=O)NC)c1ccccc1N. The van der Waals surface area contributed by atoms with Crippen LogP contribution in [0.4, 0.5) is 11.4 Å². The van der Waals surface area contributed by atoms with E-state index < -0.39 is 0 Å². The molecule has 0 saturated carbocycles. The van der Waals surface area contributed by atoms with Crippen molar-refractivity contribution in [2.75, 3.05) is 30.8 Å². The van der Waals surface area contributed by atoms with E-state index in [1.165, 1.54) is 0 Å². The molecule has 0 saturated heterocycles. The van der Waals surface area contributed by atoms with Crippen LogP contribution < -0.4 is 16.0 Å². The molecule has 0 aliphatic carbocycles. The number of benzene rings is 1. The fourth-order valence-corrected chi connectivity index (χ4v) is 1.59. The van der Waals surface area contributed by atoms with Crippen molar-refractivity contribution in [3.05, 3.63) is 24.3 Å². The van der Waals surface area contributed by atoms with Crippen molar-refractivity contribution in [1.82, 2.24) is 5.32 Å². The third kappa shape index (κ3) is 3.15. The van der Waals surface area contributed by atoms with Crippen molar-refractivity contribution in [2.45, 2.75) is 13.3 Å². The number of nitrogens with two attached hydrogens (primary N) is 1. The van der Waals surface area contributed by atoms with Crippen molar-refractivity contribution in [1.29, 1.82) is 0 Å². The lowest BCUT2D eigenvalue weighted by molar-refractivity contribution is -0.120. The van der Waals surface area contributed by atoms with Crippen LogP contribution in [0.3, 0.4) is 0 Å². The zero-order chi connectivity index (χ0) is 12.0. The van der Waals surface area contributed by atoms with E-state index in [-0.39, 0.29) is 5.91 Å². The maximum atomic E-state index is 11.2. The standard InChI is InChI=1S/C12H19N3O/c1-3-15(9-8-12(16)14-2)11-7-5-4-6-10(11)13/h4-7H,3,8-9,13H2,1-2H3,(H,14,16). The van der Waals surface area contributed by atoms with Gasteiger partial charge in [-0.15, -0.1) is 0 Å². The van der Waals surface area contributed by atoms with Gasteiger partial charge in [0.2, 0.25) is 5.91 Å². The topological polar surface area (TPSA) is 58.4 Å². The number of hydrogen-bond donors (Lipinski definition) is 2. The molecule has 0 heterocycles. The molecule has 0 atom stereocenters. The second-order valence-corrected chi connectivity index (χ2v) is 3.56. The van der Waals surface area contributed by atoms with Crippen LogP contribution in [0.25, 0.3) is 0 Å². The Morgan fingerprint density at radius 2 is 2.12 bits per heavy atom. The predicted molar refractivity (Wildman–Crippen MR) is 67.4 cm³/mol. The van der Waals surface area contributed by atoms with Crippen LogP contribution in [-0.2, 0) is 4.79 Å². The zero-order valence-corrected chi connectivity index (χ0v) is 9.86. The largest absolute Gasteiger partial charge is 0.397 e. The summed E-state index contributed by atoms with van der Waals surface area (Å²) in [5, 5.41) is 2.61. The molecule has 3 N–H and O–H groups in total. The highest BCUT2D eigenvalue weighted by atomic mass is 16.1. The van der Waals surface area contributed by atoms with Gasteiger partial charge in [0.05, 0.1) is 11.4 Å². The number of nitrogen functional groups attached to an aromatic ring is 1. The molecule has 0 unspecified atom stereocenters. The fourth-order valence-electron chi connectivity index (χ4n) is 1.59. The number of anilines is 2. The lowest BCUT2D eigenvalue weighted by atomic mass is 10.2. The molecular formula is C12H19N3O. The van der Waals surface area contributed by atoms with Crippen LogP contribution in [0.5, 0.6) is 0 Å². The maximum Gasteiger partial charge on any atom is 0.221 e. The highest BCUT2D eigenvalue weighted by molar-refractivity contribution is 5.76. The summed E-state index contributed by atoms with van der Waals surface area (Å²) in [7, 11) is 1.65. The Labute approximate surface area is 96.4 Å². The number of carbonyl (C=O) groups is 1. The molecule has 1 aromatic carbocycles. The number of carbonyl (C=O) groups excluding carboxylic acids is 1. The molecule has 0 bridgehead atoms. The number of nitrogens with zero attached hydrogens (tertiary/aromatic N) is 1. The monoisotopic (exact) mass is 221 g/mol. The summed E-state index contributed by atoms with van der Waals surface area (Å²) in [5.41, 5.74) is 7.64. The number of rotatable bonds is 5. The van der Waals surface area contributed by atoms with Gasteiger partial charge in [0.1, 0.15) is 0 Å². The van der Waals surface area contributed by atoms with Crippen LogP contribution in [0.1, 0.15) is 13.3 Å². The number of nitrogens with one attached hydrogen (secondary N) is 1. The van der Waals surface area contributed by atoms with Gasteiger partial charge < -0.3 is 16.0 Å². The van der Waals surface area contributed by atoms with Crippen LogP contribution >= 0.6 is 0 Å². The molecule has 0 aliphatic rings. The Balaban J connectivity index is 2.68. The minimum absolute atomic E-state index is 0.0490. The average Bonchev–Trinajstić information content (AvgIpc) is 2.31. The third-order valence-corrected chi connectivity index (χ3v) is 2.55. The van der Waals surface area contributed by atoms with Crippen molar-refractivity contribution in [2.24, 2.45) is 0 Å². The Bertz CT molecular complexity index is 352. The molecule has 1 rings (SSSR count). The van der Waals surface area contributed by atoms with Crippen LogP contribution in [0, 0.1) is 0 Å². The van der Waals surface area contributed by atoms with E-state index >= 15 is 0 Å². The maximum absolute atomic E-state index is 11.2. The van der Waals surface area contributed by atoms with E-state index in [1.807, 2.05) is 24.3 Å². The van der Waals surface area contributed by atoms with Gasteiger partial charge in [0.15, 0.2) is 0 Å². The Morgan fingerprint density at radius 3 is 2.69 bits per heavy atom. The van der Waals surface area contributed by atoms with Crippen LogP contribution in [-0.4, -0.2) is 26.0 Å². The van der Waals surface area contributed by atoms with E-state index in [9.17, 15) is 4.79 Å². The van der Waals surface area contributed by atoms with Crippen molar-refractivity contribution >= 4 is 17.3 Å². The van der Waals surface area contributed by atoms with Crippen molar-refractivity contribution < 1.29 is 4.79 Å². The predicted octanol–water partition coefficient (Wildman–Crippen LogP) is 1.23. The Hall–Kier alpha value is -1.71. The van der Waals surface area contributed by atoms with Crippen molar-refractivity contribution in [3.63, 3.8) is 0 Å². The number of amides is 1. The first kappa shape index (κ1) is 12.4. The van der Waals surface area contributed by atoms with Gasteiger partial charge in [-0.25, -0.2) is 0 Å². The van der Waals surface area contributed by atoms with Gasteiger partial charge in [-0.05, 0) is 19.1 Å². The summed E-state index contributed by atoms with van der Waals surface area (Å²) in [5.74, 6) is 0.0490. The molecule has 0 radical (unpaired) electrons. The molecule has 0 aromatic heterocycles. The number of para-hydroxylation sites is 2. The smallest absolute Gasteiger partial charge is 0.221 e. The molecule has 0 fully saturated rings. The fraction of sp³-hybridized carbons (Fsp3) is 0.417. The van der Waals surface area contributed by atoms with Gasteiger partial charge in [-0.1, -0.05) is 12.1 Å². The first-order valence-electron chi connectivity index (χ1n) is 5.49. The van der Waals surface area contributed by atoms with E-state index in [4.69, 9.17) is 5.73 Å². The molecule has 0 aliphatic heterocycles. The Morgan fingerprint density at radius 1 is 1.44 bits per heavy atom. The highest BCUT2D eigenvalue weighted by Gasteiger charge is 2.08. The van der Waals surface area contributed by atoms with Gasteiger partial charge in [0.25, 0.3) is 0 Å². The van der Waals surface area contributed by atoms with E-state index in [0.29, 0.717) is 13.0 Å². The van der Waals surface area contributed by atoms with Crippen LogP contribution in [0.15, 0.2) is 24.3 Å².